The highest BCUT2D eigenvalue weighted by Crippen LogP contribution is 2.40. The summed E-state index contributed by atoms with van der Waals surface area (Å²) in [5, 5.41) is 9.43. The molecule has 1 aliphatic heterocycles. The van der Waals surface area contributed by atoms with Gasteiger partial charge in [0, 0.05) is 37.8 Å². The fraction of sp³-hybridized carbons (Fsp3) is 0.375. The first-order valence-electron chi connectivity index (χ1n) is 11.4. The third kappa shape index (κ3) is 4.71. The maximum absolute atomic E-state index is 14.1. The van der Waals surface area contributed by atoms with Crippen LogP contribution in [0.4, 0.5) is 13.2 Å². The van der Waals surface area contributed by atoms with E-state index in [1.54, 1.807) is 19.2 Å². The van der Waals surface area contributed by atoms with E-state index in [0.717, 1.165) is 5.39 Å². The standard InChI is InChI=1S/C24H24ClF3N6O2/c1-35-10-11-36-18-6-3-14-2-5-17(30-21(14)20(18)25)23-32-31-19-7-4-15(12-34(19)23)22(24(26,27)28)33-9-8-16(29)13-33/h2-7,12,16,22H,8-11,13,29H2,1H3/t16?,22-/m1/s1. The molecule has 36 heavy (non-hydrogen) atoms. The Labute approximate surface area is 209 Å². The molecule has 2 N–H and O–H groups in total. The van der Waals surface area contributed by atoms with E-state index in [9.17, 15) is 13.2 Å². The maximum atomic E-state index is 14.1. The van der Waals surface area contributed by atoms with Gasteiger partial charge in [-0.05, 0) is 36.2 Å². The Hall–Kier alpha value is -2.99. The van der Waals surface area contributed by atoms with Gasteiger partial charge >= 0.3 is 6.18 Å². The van der Waals surface area contributed by atoms with Gasteiger partial charge in [-0.3, -0.25) is 9.30 Å². The fourth-order valence-corrected chi connectivity index (χ4v) is 4.78. The normalized spacial score (nSPS) is 17.8. The lowest BCUT2D eigenvalue weighted by atomic mass is 10.1. The predicted octanol–water partition coefficient (Wildman–Crippen LogP) is 4.26. The molecule has 0 aliphatic carbocycles. The van der Waals surface area contributed by atoms with Crippen LogP contribution in [0.1, 0.15) is 18.0 Å². The molecule has 4 heterocycles. The Bertz CT molecular complexity index is 1400. The minimum atomic E-state index is -4.47. The molecule has 1 saturated heterocycles. The topological polar surface area (TPSA) is 90.8 Å². The van der Waals surface area contributed by atoms with Crippen LogP contribution in [0.15, 0.2) is 42.6 Å². The number of halogens is 4. The summed E-state index contributed by atoms with van der Waals surface area (Å²) in [7, 11) is 1.57. The van der Waals surface area contributed by atoms with Crippen molar-refractivity contribution >= 4 is 28.2 Å². The second kappa shape index (κ2) is 9.81. The summed E-state index contributed by atoms with van der Waals surface area (Å²) in [5.41, 5.74) is 7.27. The lowest BCUT2D eigenvalue weighted by Gasteiger charge is -2.30. The molecule has 1 unspecified atom stereocenters. The fourth-order valence-electron chi connectivity index (χ4n) is 4.51. The van der Waals surface area contributed by atoms with Crippen LogP contribution >= 0.6 is 11.6 Å². The summed E-state index contributed by atoms with van der Waals surface area (Å²) in [5.74, 6) is 0.755. The van der Waals surface area contributed by atoms with Crippen LogP contribution < -0.4 is 10.5 Å². The molecule has 8 nitrogen and oxygen atoms in total. The molecule has 0 amide bonds. The second-order valence-electron chi connectivity index (χ2n) is 8.69. The number of methoxy groups -OCH3 is 1. The van der Waals surface area contributed by atoms with Crippen LogP contribution in [0, 0.1) is 0 Å². The van der Waals surface area contributed by atoms with Gasteiger partial charge in [-0.15, -0.1) is 10.2 Å². The van der Waals surface area contributed by atoms with Crippen LogP contribution in [-0.4, -0.2) is 70.1 Å². The average Bonchev–Trinajstić information content (AvgIpc) is 3.46. The molecule has 0 saturated carbocycles. The minimum Gasteiger partial charge on any atom is -0.490 e. The largest absolute Gasteiger partial charge is 0.490 e. The third-order valence-corrected chi connectivity index (χ3v) is 6.58. The Morgan fingerprint density at radius 2 is 1.94 bits per heavy atom. The molecular formula is C24H24ClF3N6O2. The first-order valence-corrected chi connectivity index (χ1v) is 11.8. The van der Waals surface area contributed by atoms with E-state index in [1.165, 1.54) is 27.6 Å². The highest BCUT2D eigenvalue weighted by Gasteiger charge is 2.46. The Morgan fingerprint density at radius 1 is 1.14 bits per heavy atom. The zero-order chi connectivity index (χ0) is 25.4. The molecule has 4 aromatic rings. The Morgan fingerprint density at radius 3 is 2.67 bits per heavy atom. The monoisotopic (exact) mass is 520 g/mol. The zero-order valence-electron chi connectivity index (χ0n) is 19.4. The molecule has 5 rings (SSSR count). The van der Waals surface area contributed by atoms with Crippen molar-refractivity contribution in [3.63, 3.8) is 0 Å². The second-order valence-corrected chi connectivity index (χ2v) is 9.07. The van der Waals surface area contributed by atoms with Gasteiger partial charge in [0.2, 0.25) is 0 Å². The van der Waals surface area contributed by atoms with Gasteiger partial charge in [-0.25, -0.2) is 4.98 Å². The van der Waals surface area contributed by atoms with Gasteiger partial charge in [0.1, 0.15) is 29.1 Å². The first-order chi connectivity index (χ1) is 17.3. The highest BCUT2D eigenvalue weighted by molar-refractivity contribution is 6.36. The number of pyridine rings is 2. The number of hydrogen-bond donors (Lipinski definition) is 1. The lowest BCUT2D eigenvalue weighted by molar-refractivity contribution is -0.183. The molecule has 1 fully saturated rings. The zero-order valence-corrected chi connectivity index (χ0v) is 20.1. The van der Waals surface area contributed by atoms with Gasteiger partial charge in [0.25, 0.3) is 0 Å². The van der Waals surface area contributed by atoms with Gasteiger partial charge in [-0.2, -0.15) is 13.2 Å². The molecule has 0 bridgehead atoms. The molecule has 1 aromatic carbocycles. The van der Waals surface area contributed by atoms with Crippen molar-refractivity contribution in [3.05, 3.63) is 53.2 Å². The molecule has 3 aromatic heterocycles. The SMILES string of the molecule is COCCOc1ccc2ccc(-c3nnc4ccc([C@@H](N5CCC(N)C5)C(F)(F)F)cn34)nc2c1Cl. The van der Waals surface area contributed by atoms with Gasteiger partial charge in [0.05, 0.1) is 12.1 Å². The van der Waals surface area contributed by atoms with Crippen molar-refractivity contribution in [1.29, 1.82) is 0 Å². The van der Waals surface area contributed by atoms with Gasteiger partial charge in [-0.1, -0.05) is 23.7 Å². The number of fused-ring (bicyclic) bond motifs is 2. The van der Waals surface area contributed by atoms with Crippen LogP contribution in [0.3, 0.4) is 0 Å². The number of nitrogens with zero attached hydrogens (tertiary/aromatic N) is 5. The molecular weight excluding hydrogens is 497 g/mol. The number of benzene rings is 1. The summed E-state index contributed by atoms with van der Waals surface area (Å²) in [6, 6.07) is 8.03. The summed E-state index contributed by atoms with van der Waals surface area (Å²) in [6.45, 7) is 1.17. The van der Waals surface area contributed by atoms with Crippen molar-refractivity contribution in [3.8, 4) is 17.3 Å². The van der Waals surface area contributed by atoms with Gasteiger partial charge in [0.15, 0.2) is 11.5 Å². The van der Waals surface area contributed by atoms with Crippen LogP contribution in [-0.2, 0) is 4.74 Å². The summed E-state index contributed by atoms with van der Waals surface area (Å²) >= 11 is 6.56. The van der Waals surface area contributed by atoms with Crippen molar-refractivity contribution < 1.29 is 22.6 Å². The molecule has 0 radical (unpaired) electrons. The van der Waals surface area contributed by atoms with E-state index in [2.05, 4.69) is 15.2 Å². The molecule has 0 spiro atoms. The minimum absolute atomic E-state index is 0.0813. The number of ether oxygens (including phenoxy) is 2. The van der Waals surface area contributed by atoms with Crippen molar-refractivity contribution in [2.24, 2.45) is 5.73 Å². The van der Waals surface area contributed by atoms with Crippen LogP contribution in [0.2, 0.25) is 5.02 Å². The predicted molar refractivity (Wildman–Crippen MR) is 129 cm³/mol. The Kier molecular flexibility index (Phi) is 6.73. The van der Waals surface area contributed by atoms with E-state index in [0.29, 0.717) is 53.1 Å². The number of likely N-dealkylation sites (tertiary alicyclic amines) is 1. The average molecular weight is 521 g/mol. The van der Waals surface area contributed by atoms with Crippen LogP contribution in [0.25, 0.3) is 28.1 Å². The number of rotatable bonds is 7. The summed E-state index contributed by atoms with van der Waals surface area (Å²) < 4.78 is 54.6. The molecule has 1 aliphatic rings. The van der Waals surface area contributed by atoms with E-state index < -0.39 is 12.2 Å². The van der Waals surface area contributed by atoms with E-state index in [4.69, 9.17) is 26.8 Å². The number of aromatic nitrogens is 4. The van der Waals surface area contributed by atoms with Gasteiger partial charge < -0.3 is 15.2 Å². The van der Waals surface area contributed by atoms with E-state index in [-0.39, 0.29) is 24.7 Å². The highest BCUT2D eigenvalue weighted by atomic mass is 35.5. The number of hydrogen-bond acceptors (Lipinski definition) is 7. The third-order valence-electron chi connectivity index (χ3n) is 6.21. The first kappa shape index (κ1) is 24.7. The summed E-state index contributed by atoms with van der Waals surface area (Å²) in [4.78, 5) is 6.02. The lowest BCUT2D eigenvalue weighted by Crippen LogP contribution is -2.38. The van der Waals surface area contributed by atoms with Crippen molar-refractivity contribution in [1.82, 2.24) is 24.5 Å². The smallest absolute Gasteiger partial charge is 0.408 e. The van der Waals surface area contributed by atoms with Crippen molar-refractivity contribution in [2.75, 3.05) is 33.4 Å². The van der Waals surface area contributed by atoms with Crippen molar-refractivity contribution in [2.45, 2.75) is 24.7 Å². The maximum Gasteiger partial charge on any atom is 0.408 e. The Balaban J connectivity index is 1.56. The van der Waals surface area contributed by atoms with E-state index in [1.807, 2.05) is 12.1 Å². The number of nitrogens with two attached hydrogens (primary N) is 1. The van der Waals surface area contributed by atoms with Crippen LogP contribution in [0.5, 0.6) is 5.75 Å². The molecule has 12 heteroatoms. The summed E-state index contributed by atoms with van der Waals surface area (Å²) in [6.07, 6.45) is -2.53. The number of alkyl halides is 3. The molecule has 2 atom stereocenters. The molecule has 190 valence electrons. The van der Waals surface area contributed by atoms with E-state index >= 15 is 0 Å². The quantitative estimate of drug-likeness (QED) is 0.364.